The molecule has 1 aliphatic heterocycles. The maximum absolute atomic E-state index is 9.22. The molecule has 2 heterocycles. The molecule has 1 aromatic heterocycles. The number of fused-ring (bicyclic) bond motifs is 1. The predicted molar refractivity (Wildman–Crippen MR) is 99.4 cm³/mol. The minimum atomic E-state index is 0.464. The van der Waals surface area contributed by atoms with Crippen LogP contribution in [0.15, 0.2) is 48.5 Å². The van der Waals surface area contributed by atoms with Gasteiger partial charge in [-0.3, -0.25) is 0 Å². The van der Waals surface area contributed by atoms with Crippen LogP contribution in [0.4, 0.5) is 5.82 Å². The zero-order chi connectivity index (χ0) is 17.2. The van der Waals surface area contributed by atoms with Crippen LogP contribution in [0.5, 0.6) is 0 Å². The Hall–Kier alpha value is -2.97. The van der Waals surface area contributed by atoms with Gasteiger partial charge < -0.3 is 10.2 Å². The first kappa shape index (κ1) is 15.6. The average molecular weight is 329 g/mol. The SMILES string of the molecule is CNC1CCN(c2nc3ccccc3nc2-c2cccc(C#N)c2)C1. The summed E-state index contributed by atoms with van der Waals surface area (Å²) in [7, 11) is 2.00. The second kappa shape index (κ2) is 6.50. The quantitative estimate of drug-likeness (QED) is 0.800. The normalized spacial score (nSPS) is 17.0. The average Bonchev–Trinajstić information content (AvgIpc) is 3.16. The zero-order valence-corrected chi connectivity index (χ0v) is 14.1. The fourth-order valence-electron chi connectivity index (χ4n) is 3.33. The van der Waals surface area contributed by atoms with Crippen LogP contribution in [-0.2, 0) is 0 Å². The lowest BCUT2D eigenvalue weighted by atomic mass is 10.1. The first-order chi connectivity index (χ1) is 12.3. The summed E-state index contributed by atoms with van der Waals surface area (Å²) in [6, 6.07) is 18.2. The van der Waals surface area contributed by atoms with E-state index in [-0.39, 0.29) is 0 Å². The van der Waals surface area contributed by atoms with Gasteiger partial charge in [0.25, 0.3) is 0 Å². The van der Waals surface area contributed by atoms with Crippen molar-refractivity contribution in [1.29, 1.82) is 5.26 Å². The lowest BCUT2D eigenvalue weighted by Gasteiger charge is -2.21. The van der Waals surface area contributed by atoms with Gasteiger partial charge in [-0.1, -0.05) is 24.3 Å². The molecule has 2 aromatic carbocycles. The third kappa shape index (κ3) is 2.92. The Morgan fingerprint density at radius 2 is 1.92 bits per heavy atom. The van der Waals surface area contributed by atoms with Crippen molar-refractivity contribution in [2.75, 3.05) is 25.0 Å². The van der Waals surface area contributed by atoms with Crippen molar-refractivity contribution in [3.05, 3.63) is 54.1 Å². The molecule has 1 aliphatic rings. The van der Waals surface area contributed by atoms with Crippen LogP contribution in [0.2, 0.25) is 0 Å². The molecule has 0 aliphatic carbocycles. The van der Waals surface area contributed by atoms with E-state index >= 15 is 0 Å². The second-order valence-electron chi connectivity index (χ2n) is 6.30. The molecule has 1 N–H and O–H groups in total. The van der Waals surface area contributed by atoms with Gasteiger partial charge in [0.05, 0.1) is 22.7 Å². The standard InChI is InChI=1S/C20H19N5/c1-22-16-9-10-25(13-16)20-19(15-6-4-5-14(11-15)12-21)23-17-7-2-3-8-18(17)24-20/h2-8,11,16,22H,9-10,13H2,1H3. The molecule has 124 valence electrons. The van der Waals surface area contributed by atoms with Crippen LogP contribution in [0.25, 0.3) is 22.3 Å². The van der Waals surface area contributed by atoms with Gasteiger partial charge in [-0.05, 0) is 37.7 Å². The number of para-hydroxylation sites is 2. The molecule has 3 aromatic rings. The maximum atomic E-state index is 9.22. The van der Waals surface area contributed by atoms with Crippen LogP contribution >= 0.6 is 0 Å². The Morgan fingerprint density at radius 1 is 1.12 bits per heavy atom. The van der Waals surface area contributed by atoms with Crippen molar-refractivity contribution in [2.45, 2.75) is 12.5 Å². The molecule has 0 radical (unpaired) electrons. The highest BCUT2D eigenvalue weighted by atomic mass is 15.2. The summed E-state index contributed by atoms with van der Waals surface area (Å²) < 4.78 is 0. The number of nitrogens with zero attached hydrogens (tertiary/aromatic N) is 4. The van der Waals surface area contributed by atoms with E-state index in [1.165, 1.54) is 0 Å². The van der Waals surface area contributed by atoms with Gasteiger partial charge in [0.2, 0.25) is 0 Å². The zero-order valence-electron chi connectivity index (χ0n) is 14.1. The predicted octanol–water partition coefficient (Wildman–Crippen LogP) is 2.97. The van der Waals surface area contributed by atoms with Crippen LogP contribution < -0.4 is 10.2 Å². The highest BCUT2D eigenvalue weighted by Gasteiger charge is 2.25. The molecular formula is C20H19N5. The van der Waals surface area contributed by atoms with Gasteiger partial charge >= 0.3 is 0 Å². The number of hydrogen-bond acceptors (Lipinski definition) is 5. The van der Waals surface area contributed by atoms with Crippen molar-refractivity contribution in [3.63, 3.8) is 0 Å². The summed E-state index contributed by atoms with van der Waals surface area (Å²) in [5, 5.41) is 12.6. The van der Waals surface area contributed by atoms with Gasteiger partial charge in [0, 0.05) is 24.7 Å². The van der Waals surface area contributed by atoms with Crippen molar-refractivity contribution < 1.29 is 0 Å². The number of aromatic nitrogens is 2. The summed E-state index contributed by atoms with van der Waals surface area (Å²) in [6.07, 6.45) is 1.09. The molecule has 1 saturated heterocycles. The largest absolute Gasteiger partial charge is 0.353 e. The van der Waals surface area contributed by atoms with Crippen molar-refractivity contribution in [3.8, 4) is 17.3 Å². The molecule has 5 heteroatoms. The third-order valence-electron chi connectivity index (χ3n) is 4.71. The smallest absolute Gasteiger partial charge is 0.156 e. The molecule has 4 rings (SSSR count). The number of anilines is 1. The highest BCUT2D eigenvalue weighted by molar-refractivity contribution is 5.84. The van der Waals surface area contributed by atoms with Gasteiger partial charge in [-0.25, -0.2) is 9.97 Å². The van der Waals surface area contributed by atoms with E-state index < -0.39 is 0 Å². The Labute approximate surface area is 146 Å². The lowest BCUT2D eigenvalue weighted by Crippen LogP contribution is -2.30. The van der Waals surface area contributed by atoms with Crippen LogP contribution in [0.3, 0.4) is 0 Å². The summed E-state index contributed by atoms with van der Waals surface area (Å²) in [5.41, 5.74) is 4.17. The second-order valence-corrected chi connectivity index (χ2v) is 6.30. The summed E-state index contributed by atoms with van der Waals surface area (Å²) in [6.45, 7) is 1.86. The van der Waals surface area contributed by atoms with Gasteiger partial charge in [-0.15, -0.1) is 0 Å². The number of hydrogen-bond donors (Lipinski definition) is 1. The van der Waals surface area contributed by atoms with Crippen LogP contribution in [0, 0.1) is 11.3 Å². The highest BCUT2D eigenvalue weighted by Crippen LogP contribution is 2.32. The van der Waals surface area contributed by atoms with E-state index in [4.69, 9.17) is 9.97 Å². The molecule has 0 spiro atoms. The first-order valence-electron chi connectivity index (χ1n) is 8.48. The molecular weight excluding hydrogens is 310 g/mol. The summed E-state index contributed by atoms with van der Waals surface area (Å²) in [5.74, 6) is 0.895. The molecule has 1 unspecified atom stereocenters. The summed E-state index contributed by atoms with van der Waals surface area (Å²) >= 11 is 0. The minimum absolute atomic E-state index is 0.464. The van der Waals surface area contributed by atoms with E-state index in [0.29, 0.717) is 11.6 Å². The Balaban J connectivity index is 1.88. The third-order valence-corrected chi connectivity index (χ3v) is 4.71. The number of benzene rings is 2. The van der Waals surface area contributed by atoms with Gasteiger partial charge in [0.15, 0.2) is 5.82 Å². The lowest BCUT2D eigenvalue weighted by molar-refractivity contribution is 0.616. The number of rotatable bonds is 3. The maximum Gasteiger partial charge on any atom is 0.156 e. The van der Waals surface area contributed by atoms with Gasteiger partial charge in [-0.2, -0.15) is 5.26 Å². The van der Waals surface area contributed by atoms with Crippen molar-refractivity contribution >= 4 is 16.9 Å². The molecule has 0 bridgehead atoms. The molecule has 1 fully saturated rings. The van der Waals surface area contributed by atoms with Crippen molar-refractivity contribution in [1.82, 2.24) is 15.3 Å². The molecule has 5 nitrogen and oxygen atoms in total. The number of nitriles is 1. The number of likely N-dealkylation sites (N-methyl/N-ethyl adjacent to an activating group) is 1. The minimum Gasteiger partial charge on any atom is -0.353 e. The van der Waals surface area contributed by atoms with Crippen molar-refractivity contribution in [2.24, 2.45) is 0 Å². The van der Waals surface area contributed by atoms with E-state index in [2.05, 4.69) is 16.3 Å². The van der Waals surface area contributed by atoms with Crippen LogP contribution in [0.1, 0.15) is 12.0 Å². The topological polar surface area (TPSA) is 64.8 Å². The first-order valence-corrected chi connectivity index (χ1v) is 8.48. The van der Waals surface area contributed by atoms with E-state index in [1.54, 1.807) is 0 Å². The number of nitrogens with one attached hydrogen (secondary N) is 1. The Morgan fingerprint density at radius 3 is 2.64 bits per heavy atom. The van der Waals surface area contributed by atoms with E-state index in [0.717, 1.165) is 47.6 Å². The van der Waals surface area contributed by atoms with Gasteiger partial charge in [0.1, 0.15) is 5.69 Å². The van der Waals surface area contributed by atoms with E-state index in [9.17, 15) is 5.26 Å². The van der Waals surface area contributed by atoms with E-state index in [1.807, 2.05) is 55.6 Å². The summed E-state index contributed by atoms with van der Waals surface area (Å²) in [4.78, 5) is 12.1. The molecule has 0 amide bonds. The molecule has 25 heavy (non-hydrogen) atoms. The monoisotopic (exact) mass is 329 g/mol. The Bertz CT molecular complexity index is 960. The Kier molecular flexibility index (Phi) is 4.04. The molecule has 1 atom stereocenters. The fourth-order valence-corrected chi connectivity index (χ4v) is 3.33. The van der Waals surface area contributed by atoms with Crippen LogP contribution in [-0.4, -0.2) is 36.1 Å². The fraction of sp³-hybridized carbons (Fsp3) is 0.250. The molecule has 0 saturated carbocycles.